The van der Waals surface area contributed by atoms with Crippen LogP contribution < -0.4 is 10.5 Å². The predicted octanol–water partition coefficient (Wildman–Crippen LogP) is 3.21. The van der Waals surface area contributed by atoms with Gasteiger partial charge in [-0.1, -0.05) is 35.9 Å². The second-order valence-electron chi connectivity index (χ2n) is 8.25. The Morgan fingerprint density at radius 3 is 2.54 bits per heavy atom. The lowest BCUT2D eigenvalue weighted by atomic mass is 10.1. The zero-order valence-electron chi connectivity index (χ0n) is 19.4. The van der Waals surface area contributed by atoms with E-state index in [0.29, 0.717) is 25.1 Å². The van der Waals surface area contributed by atoms with Crippen molar-refractivity contribution in [3.8, 4) is 0 Å². The normalized spacial score (nSPS) is 15.9. The molecule has 1 unspecified atom stereocenters. The SMILES string of the molecule is Cc1ccc2sc(S(=O)(=O)NC3CCN(Cc4cccc(C(=N)N)c4)C3=O)cc2c1.O=C(O)C(F)(F)F. The molecule has 4 rings (SSSR count). The lowest BCUT2D eigenvalue weighted by Crippen LogP contribution is -2.41. The van der Waals surface area contributed by atoms with E-state index < -0.39 is 28.2 Å². The Balaban J connectivity index is 0.000000479. The Labute approximate surface area is 214 Å². The first kappa shape index (κ1) is 28.1. The molecule has 1 amide bonds. The van der Waals surface area contributed by atoms with Crippen molar-refractivity contribution < 1.29 is 36.3 Å². The highest BCUT2D eigenvalue weighted by atomic mass is 32.2. The number of hydrogen-bond donors (Lipinski definition) is 4. The number of fused-ring (bicyclic) bond motifs is 1. The topological polar surface area (TPSA) is 154 Å². The molecule has 2 aromatic carbocycles. The van der Waals surface area contributed by atoms with Crippen molar-refractivity contribution in [3.63, 3.8) is 0 Å². The summed E-state index contributed by atoms with van der Waals surface area (Å²) in [6, 6.07) is 13.8. The summed E-state index contributed by atoms with van der Waals surface area (Å²) in [4.78, 5) is 23.3. The molecule has 0 saturated carbocycles. The number of nitrogens with two attached hydrogens (primary N) is 1. The van der Waals surface area contributed by atoms with E-state index in [1.807, 2.05) is 31.2 Å². The van der Waals surface area contributed by atoms with E-state index in [1.165, 1.54) is 11.3 Å². The number of carboxylic acids is 1. The molecule has 0 radical (unpaired) electrons. The summed E-state index contributed by atoms with van der Waals surface area (Å²) >= 11 is 1.20. The van der Waals surface area contributed by atoms with Crippen LogP contribution in [0.1, 0.15) is 23.1 Å². The predicted molar refractivity (Wildman–Crippen MR) is 132 cm³/mol. The highest BCUT2D eigenvalue weighted by molar-refractivity contribution is 7.91. The number of aliphatic carboxylic acids is 1. The summed E-state index contributed by atoms with van der Waals surface area (Å²) in [7, 11) is -3.79. The third-order valence-corrected chi connectivity index (χ3v) is 8.42. The van der Waals surface area contributed by atoms with E-state index >= 15 is 0 Å². The lowest BCUT2D eigenvalue weighted by molar-refractivity contribution is -0.192. The van der Waals surface area contributed by atoms with Gasteiger partial charge in [0, 0.05) is 23.4 Å². The summed E-state index contributed by atoms with van der Waals surface area (Å²) in [6.07, 6.45) is -4.67. The third kappa shape index (κ3) is 7.05. The quantitative estimate of drug-likeness (QED) is 0.270. The average molecular weight is 557 g/mol. The summed E-state index contributed by atoms with van der Waals surface area (Å²) in [5, 5.41) is 15.5. The number of amides is 1. The molecule has 198 valence electrons. The smallest absolute Gasteiger partial charge is 0.475 e. The molecule has 14 heteroatoms. The minimum Gasteiger partial charge on any atom is -0.475 e. The first-order valence-corrected chi connectivity index (χ1v) is 13.0. The van der Waals surface area contributed by atoms with E-state index in [0.717, 1.165) is 21.2 Å². The van der Waals surface area contributed by atoms with Crippen LogP contribution in [0.2, 0.25) is 0 Å². The van der Waals surface area contributed by atoms with Crippen molar-refractivity contribution in [2.45, 2.75) is 36.3 Å². The molecular formula is C23H23F3N4O5S2. The number of amidine groups is 1. The summed E-state index contributed by atoms with van der Waals surface area (Å²) in [5.74, 6) is -3.04. The molecule has 3 aromatic rings. The molecule has 0 spiro atoms. The Morgan fingerprint density at radius 1 is 1.24 bits per heavy atom. The van der Waals surface area contributed by atoms with Gasteiger partial charge in [0.25, 0.3) is 10.0 Å². The maximum atomic E-state index is 12.9. The molecule has 1 aliphatic heterocycles. The van der Waals surface area contributed by atoms with Crippen molar-refractivity contribution in [2.75, 3.05) is 6.54 Å². The first-order valence-electron chi connectivity index (χ1n) is 10.7. The van der Waals surface area contributed by atoms with E-state index in [-0.39, 0.29) is 16.0 Å². The van der Waals surface area contributed by atoms with Crippen LogP contribution in [0.25, 0.3) is 10.1 Å². The van der Waals surface area contributed by atoms with Crippen LogP contribution in [0.4, 0.5) is 13.2 Å². The highest BCUT2D eigenvalue weighted by Gasteiger charge is 2.38. The summed E-state index contributed by atoms with van der Waals surface area (Å²) in [6.45, 7) is 2.77. The number of likely N-dealkylation sites (tertiary alicyclic amines) is 1. The van der Waals surface area contributed by atoms with Gasteiger partial charge in [0.1, 0.15) is 16.1 Å². The van der Waals surface area contributed by atoms with E-state index in [1.54, 1.807) is 29.2 Å². The summed E-state index contributed by atoms with van der Waals surface area (Å²) in [5.41, 5.74) is 8.03. The number of carboxylic acid groups (broad SMARTS) is 1. The maximum Gasteiger partial charge on any atom is 0.490 e. The Hall–Kier alpha value is -3.49. The number of nitrogens with zero attached hydrogens (tertiary/aromatic N) is 1. The van der Waals surface area contributed by atoms with Gasteiger partial charge in [-0.05, 0) is 42.5 Å². The van der Waals surface area contributed by atoms with E-state index in [2.05, 4.69) is 4.72 Å². The standard InChI is InChI=1S/C21H22N4O3S2.C2HF3O2/c1-13-5-6-18-16(9-13)11-19(29-18)30(27,28)24-17-7-8-25(21(17)26)12-14-3-2-4-15(10-14)20(22)23;3-2(4,5)1(6)7/h2-6,9-11,17,24H,7-8,12H2,1H3,(H3,22,23);(H,6,7). The fraction of sp³-hybridized carbons (Fsp3) is 0.261. The van der Waals surface area contributed by atoms with Crippen LogP contribution in [0.3, 0.4) is 0 Å². The lowest BCUT2D eigenvalue weighted by Gasteiger charge is -2.17. The molecule has 1 atom stereocenters. The molecule has 2 heterocycles. The molecule has 1 fully saturated rings. The largest absolute Gasteiger partial charge is 0.490 e. The maximum absolute atomic E-state index is 12.9. The number of sulfonamides is 1. The fourth-order valence-electron chi connectivity index (χ4n) is 3.58. The van der Waals surface area contributed by atoms with Gasteiger partial charge in [-0.25, -0.2) is 13.2 Å². The Kier molecular flexibility index (Phi) is 8.25. The number of benzene rings is 2. The second-order valence-corrected chi connectivity index (χ2v) is 11.3. The second kappa shape index (κ2) is 10.9. The molecule has 37 heavy (non-hydrogen) atoms. The van der Waals surface area contributed by atoms with Crippen LogP contribution >= 0.6 is 11.3 Å². The van der Waals surface area contributed by atoms with Crippen LogP contribution in [-0.2, 0) is 26.2 Å². The number of aryl methyl sites for hydroxylation is 1. The van der Waals surface area contributed by atoms with Crippen molar-refractivity contribution in [1.29, 1.82) is 5.41 Å². The third-order valence-electron chi connectivity index (χ3n) is 5.36. The molecule has 5 N–H and O–H groups in total. The van der Waals surface area contributed by atoms with Gasteiger partial charge >= 0.3 is 12.1 Å². The number of rotatable bonds is 6. The van der Waals surface area contributed by atoms with Crippen LogP contribution in [0.15, 0.2) is 52.7 Å². The Bertz CT molecular complexity index is 1450. The van der Waals surface area contributed by atoms with Gasteiger partial charge < -0.3 is 15.7 Å². The van der Waals surface area contributed by atoms with Gasteiger partial charge in [0.2, 0.25) is 5.91 Å². The van der Waals surface area contributed by atoms with Gasteiger partial charge in [-0.2, -0.15) is 17.9 Å². The van der Waals surface area contributed by atoms with Crippen molar-refractivity contribution in [1.82, 2.24) is 9.62 Å². The van der Waals surface area contributed by atoms with Crippen LogP contribution in [0.5, 0.6) is 0 Å². The van der Waals surface area contributed by atoms with Crippen molar-refractivity contribution >= 4 is 49.2 Å². The number of nitrogens with one attached hydrogen (secondary N) is 2. The molecule has 0 bridgehead atoms. The average Bonchev–Trinajstić information content (AvgIpc) is 3.38. The fourth-order valence-corrected chi connectivity index (χ4v) is 6.20. The molecule has 9 nitrogen and oxygen atoms in total. The van der Waals surface area contributed by atoms with Gasteiger partial charge in [-0.3, -0.25) is 10.2 Å². The van der Waals surface area contributed by atoms with E-state index in [9.17, 15) is 26.4 Å². The van der Waals surface area contributed by atoms with Gasteiger partial charge in [0.15, 0.2) is 0 Å². The minimum atomic E-state index is -5.08. The van der Waals surface area contributed by atoms with Crippen molar-refractivity contribution in [3.05, 3.63) is 65.2 Å². The zero-order valence-corrected chi connectivity index (χ0v) is 21.0. The molecule has 1 aromatic heterocycles. The van der Waals surface area contributed by atoms with Crippen LogP contribution in [0, 0.1) is 12.3 Å². The monoisotopic (exact) mass is 556 g/mol. The Morgan fingerprint density at radius 2 is 1.92 bits per heavy atom. The molecule has 1 saturated heterocycles. The number of carbonyl (C=O) groups is 2. The molecule has 0 aliphatic carbocycles. The van der Waals surface area contributed by atoms with Gasteiger partial charge in [0.05, 0.1) is 0 Å². The number of carbonyl (C=O) groups excluding carboxylic acids is 1. The number of nitrogen functional groups attached to an aromatic ring is 1. The molecule has 1 aliphatic rings. The number of halogens is 3. The molecular weight excluding hydrogens is 533 g/mol. The van der Waals surface area contributed by atoms with Crippen LogP contribution in [-0.4, -0.2) is 54.9 Å². The van der Waals surface area contributed by atoms with Crippen molar-refractivity contribution in [2.24, 2.45) is 5.73 Å². The number of hydrogen-bond acceptors (Lipinski definition) is 6. The first-order chi connectivity index (χ1) is 17.2. The zero-order chi connectivity index (χ0) is 27.5. The number of thiophene rings is 1. The summed E-state index contributed by atoms with van der Waals surface area (Å²) < 4.78 is 61.1. The highest BCUT2D eigenvalue weighted by Crippen LogP contribution is 2.30. The minimum absolute atomic E-state index is 0.0336. The number of alkyl halides is 3. The van der Waals surface area contributed by atoms with Gasteiger partial charge in [-0.15, -0.1) is 11.3 Å². The van der Waals surface area contributed by atoms with E-state index in [4.69, 9.17) is 21.0 Å².